The van der Waals surface area contributed by atoms with Crippen molar-refractivity contribution in [3.05, 3.63) is 61.6 Å². The van der Waals surface area contributed by atoms with Crippen LogP contribution in [0.15, 0.2) is 40.9 Å². The molecule has 0 aliphatic heterocycles. The van der Waals surface area contributed by atoms with Gasteiger partial charge in [-0.1, -0.05) is 27.5 Å². The lowest BCUT2D eigenvalue weighted by Crippen LogP contribution is -1.95. The summed E-state index contributed by atoms with van der Waals surface area (Å²) in [4.78, 5) is 21.4. The number of carbonyl (C=O) groups excluding carboxylic acids is 1. The number of aldehydes is 1. The number of hydrogen-bond acceptors (Lipinski definition) is 4. The Kier molecular flexibility index (Phi) is 4.36. The molecule has 0 unspecified atom stereocenters. The standard InChI is InChI=1S/C13H7BrClNO4/c14-9-1-4-12(8(5-9)7-17)20-13-6-10(15)2-3-11(13)16(18)19/h1-7H. The van der Waals surface area contributed by atoms with E-state index in [1.165, 1.54) is 18.2 Å². The zero-order chi connectivity index (χ0) is 14.7. The van der Waals surface area contributed by atoms with E-state index in [1.54, 1.807) is 18.2 Å². The summed E-state index contributed by atoms with van der Waals surface area (Å²) >= 11 is 9.04. The Hall–Kier alpha value is -1.92. The Morgan fingerprint density at radius 2 is 1.95 bits per heavy atom. The molecule has 5 nitrogen and oxygen atoms in total. The van der Waals surface area contributed by atoms with Gasteiger partial charge in [0, 0.05) is 21.6 Å². The van der Waals surface area contributed by atoms with Crippen LogP contribution in [0.2, 0.25) is 5.02 Å². The number of benzene rings is 2. The summed E-state index contributed by atoms with van der Waals surface area (Å²) in [7, 11) is 0. The minimum absolute atomic E-state index is 0.0204. The molecule has 0 N–H and O–H groups in total. The monoisotopic (exact) mass is 355 g/mol. The average molecular weight is 357 g/mol. The molecular weight excluding hydrogens is 350 g/mol. The summed E-state index contributed by atoms with van der Waals surface area (Å²) in [6, 6.07) is 8.73. The fourth-order valence-corrected chi connectivity index (χ4v) is 2.08. The predicted octanol–water partition coefficient (Wildman–Crippen LogP) is 4.62. The van der Waals surface area contributed by atoms with Gasteiger partial charge < -0.3 is 4.74 Å². The molecule has 0 aliphatic rings. The number of rotatable bonds is 4. The van der Waals surface area contributed by atoms with Gasteiger partial charge in [-0.25, -0.2) is 0 Å². The van der Waals surface area contributed by atoms with Crippen LogP contribution in [0.3, 0.4) is 0 Å². The van der Waals surface area contributed by atoms with Crippen LogP contribution in [-0.4, -0.2) is 11.2 Å². The van der Waals surface area contributed by atoms with Gasteiger partial charge in [-0.15, -0.1) is 0 Å². The van der Waals surface area contributed by atoms with E-state index < -0.39 is 4.92 Å². The van der Waals surface area contributed by atoms with Crippen molar-refractivity contribution in [1.82, 2.24) is 0 Å². The fraction of sp³-hybridized carbons (Fsp3) is 0. The number of nitrogens with zero attached hydrogens (tertiary/aromatic N) is 1. The van der Waals surface area contributed by atoms with Crippen molar-refractivity contribution >= 4 is 39.5 Å². The zero-order valence-electron chi connectivity index (χ0n) is 9.88. The first-order valence-electron chi connectivity index (χ1n) is 5.38. The maximum Gasteiger partial charge on any atom is 0.311 e. The zero-order valence-corrected chi connectivity index (χ0v) is 12.2. The van der Waals surface area contributed by atoms with E-state index in [1.807, 2.05) is 0 Å². The molecule has 0 saturated carbocycles. The van der Waals surface area contributed by atoms with Crippen molar-refractivity contribution in [2.45, 2.75) is 0 Å². The molecule has 0 amide bonds. The third-order valence-electron chi connectivity index (χ3n) is 2.44. The highest BCUT2D eigenvalue weighted by molar-refractivity contribution is 9.10. The Morgan fingerprint density at radius 3 is 2.60 bits per heavy atom. The topological polar surface area (TPSA) is 69.4 Å². The molecule has 0 atom stereocenters. The summed E-state index contributed by atoms with van der Waals surface area (Å²) in [5.41, 5.74) is 0.0443. The predicted molar refractivity (Wildman–Crippen MR) is 77.7 cm³/mol. The minimum atomic E-state index is -0.578. The lowest BCUT2D eigenvalue weighted by molar-refractivity contribution is -0.385. The second kappa shape index (κ2) is 6.02. The van der Waals surface area contributed by atoms with Crippen LogP contribution in [0.1, 0.15) is 10.4 Å². The maximum absolute atomic E-state index is 11.0. The van der Waals surface area contributed by atoms with E-state index >= 15 is 0 Å². The van der Waals surface area contributed by atoms with Crippen LogP contribution < -0.4 is 4.74 Å². The van der Waals surface area contributed by atoms with Gasteiger partial charge in [0.2, 0.25) is 5.75 Å². The molecular formula is C13H7BrClNO4. The second-order valence-corrected chi connectivity index (χ2v) is 5.12. The molecule has 0 radical (unpaired) electrons. The molecule has 0 saturated heterocycles. The SMILES string of the molecule is O=Cc1cc(Br)ccc1Oc1cc(Cl)ccc1[N+](=O)[O-]. The van der Waals surface area contributed by atoms with Gasteiger partial charge in [0.1, 0.15) is 5.75 Å². The smallest absolute Gasteiger partial charge is 0.311 e. The van der Waals surface area contributed by atoms with E-state index in [4.69, 9.17) is 16.3 Å². The van der Waals surface area contributed by atoms with Gasteiger partial charge in [0.25, 0.3) is 0 Å². The molecule has 0 aliphatic carbocycles. The molecule has 0 aromatic heterocycles. The summed E-state index contributed by atoms with van der Waals surface area (Å²) in [5.74, 6) is 0.196. The molecule has 2 rings (SSSR count). The van der Waals surface area contributed by atoms with Crippen molar-refractivity contribution in [2.24, 2.45) is 0 Å². The Morgan fingerprint density at radius 1 is 1.20 bits per heavy atom. The Labute approximate surface area is 127 Å². The first-order chi connectivity index (χ1) is 9.51. The van der Waals surface area contributed by atoms with Crippen LogP contribution in [-0.2, 0) is 0 Å². The summed E-state index contributed by atoms with van der Waals surface area (Å²) in [6.07, 6.45) is 0.608. The number of carbonyl (C=O) groups is 1. The molecule has 0 heterocycles. The molecule has 0 fully saturated rings. The van der Waals surface area contributed by atoms with Crippen LogP contribution in [0.25, 0.3) is 0 Å². The third kappa shape index (κ3) is 3.15. The lowest BCUT2D eigenvalue weighted by Gasteiger charge is -2.09. The van der Waals surface area contributed by atoms with E-state index in [0.29, 0.717) is 15.8 Å². The number of nitro benzene ring substituents is 1. The molecule has 2 aromatic rings. The largest absolute Gasteiger partial charge is 0.449 e. The van der Waals surface area contributed by atoms with Crippen LogP contribution >= 0.6 is 27.5 Å². The van der Waals surface area contributed by atoms with Crippen molar-refractivity contribution < 1.29 is 14.5 Å². The van der Waals surface area contributed by atoms with Crippen molar-refractivity contribution in [2.75, 3.05) is 0 Å². The van der Waals surface area contributed by atoms with Crippen molar-refractivity contribution in [3.8, 4) is 11.5 Å². The summed E-state index contributed by atoms with van der Waals surface area (Å²) < 4.78 is 6.15. The van der Waals surface area contributed by atoms with Gasteiger partial charge >= 0.3 is 5.69 Å². The highest BCUT2D eigenvalue weighted by Crippen LogP contribution is 2.35. The molecule has 7 heteroatoms. The van der Waals surface area contributed by atoms with E-state index in [0.717, 1.165) is 0 Å². The highest BCUT2D eigenvalue weighted by Gasteiger charge is 2.17. The molecule has 0 spiro atoms. The van der Waals surface area contributed by atoms with Gasteiger partial charge in [-0.2, -0.15) is 0 Å². The lowest BCUT2D eigenvalue weighted by atomic mass is 10.2. The van der Waals surface area contributed by atoms with Gasteiger partial charge in [-0.3, -0.25) is 14.9 Å². The first kappa shape index (κ1) is 14.5. The summed E-state index contributed by atoms with van der Waals surface area (Å²) in [6.45, 7) is 0. The average Bonchev–Trinajstić information content (AvgIpc) is 2.40. The van der Waals surface area contributed by atoms with E-state index in [9.17, 15) is 14.9 Å². The van der Waals surface area contributed by atoms with Gasteiger partial charge in [0.15, 0.2) is 6.29 Å². The molecule has 0 bridgehead atoms. The van der Waals surface area contributed by atoms with Gasteiger partial charge in [0.05, 0.1) is 10.5 Å². The van der Waals surface area contributed by atoms with Crippen molar-refractivity contribution in [3.63, 3.8) is 0 Å². The number of hydrogen-bond donors (Lipinski definition) is 0. The van der Waals surface area contributed by atoms with Crippen LogP contribution in [0.4, 0.5) is 5.69 Å². The molecule has 20 heavy (non-hydrogen) atoms. The number of halogens is 2. The first-order valence-corrected chi connectivity index (χ1v) is 6.55. The van der Waals surface area contributed by atoms with E-state index in [-0.39, 0.29) is 22.7 Å². The molecule has 2 aromatic carbocycles. The maximum atomic E-state index is 11.0. The summed E-state index contributed by atoms with van der Waals surface area (Å²) in [5, 5.41) is 11.2. The second-order valence-electron chi connectivity index (χ2n) is 3.77. The highest BCUT2D eigenvalue weighted by atomic mass is 79.9. The quantitative estimate of drug-likeness (QED) is 0.455. The minimum Gasteiger partial charge on any atom is -0.449 e. The van der Waals surface area contributed by atoms with Crippen LogP contribution in [0, 0.1) is 10.1 Å². The number of nitro groups is 1. The normalized spacial score (nSPS) is 10.1. The third-order valence-corrected chi connectivity index (χ3v) is 3.17. The fourth-order valence-electron chi connectivity index (χ4n) is 1.54. The van der Waals surface area contributed by atoms with Crippen LogP contribution in [0.5, 0.6) is 11.5 Å². The molecule has 102 valence electrons. The Balaban J connectivity index is 2.46. The van der Waals surface area contributed by atoms with E-state index in [2.05, 4.69) is 15.9 Å². The van der Waals surface area contributed by atoms with Crippen molar-refractivity contribution in [1.29, 1.82) is 0 Å². The Bertz CT molecular complexity index is 690. The number of ether oxygens (including phenoxy) is 1. The van der Waals surface area contributed by atoms with Gasteiger partial charge in [-0.05, 0) is 24.3 Å².